The normalized spacial score (nSPS) is 15.2. The molecule has 0 amide bonds. The van der Waals surface area contributed by atoms with Crippen LogP contribution in [-0.4, -0.2) is 16.5 Å². The molecule has 3 nitrogen and oxygen atoms in total. The van der Waals surface area contributed by atoms with Crippen molar-refractivity contribution in [1.29, 1.82) is 0 Å². The predicted octanol–water partition coefficient (Wildman–Crippen LogP) is 3.60. The van der Waals surface area contributed by atoms with Crippen LogP contribution in [0.3, 0.4) is 0 Å². The van der Waals surface area contributed by atoms with Crippen molar-refractivity contribution in [2.75, 3.05) is 11.9 Å². The largest absolute Gasteiger partial charge is 0.368 e. The molecule has 0 spiro atoms. The molecule has 0 aromatic carbocycles. The molecule has 0 bridgehead atoms. The van der Waals surface area contributed by atoms with E-state index in [-0.39, 0.29) is 0 Å². The quantitative estimate of drug-likeness (QED) is 0.836. The van der Waals surface area contributed by atoms with Crippen molar-refractivity contribution in [3.8, 4) is 0 Å². The molecule has 0 saturated heterocycles. The fourth-order valence-electron chi connectivity index (χ4n) is 2.22. The first-order valence-corrected chi connectivity index (χ1v) is 6.91. The SMILES string of the molecule is C1=C(CCNc2ncnc3ccsc23)CCC1. The second-order valence-corrected chi connectivity index (χ2v) is 5.20. The summed E-state index contributed by atoms with van der Waals surface area (Å²) in [5, 5.41) is 5.48. The Balaban J connectivity index is 1.66. The third-order valence-corrected chi connectivity index (χ3v) is 4.03. The maximum absolute atomic E-state index is 4.31. The van der Waals surface area contributed by atoms with Crippen LogP contribution in [0, 0.1) is 0 Å². The van der Waals surface area contributed by atoms with E-state index in [0.717, 1.165) is 29.0 Å². The molecule has 1 N–H and O–H groups in total. The Morgan fingerprint density at radius 3 is 3.24 bits per heavy atom. The highest BCUT2D eigenvalue weighted by molar-refractivity contribution is 7.17. The van der Waals surface area contributed by atoms with E-state index in [4.69, 9.17) is 0 Å². The molecule has 0 aliphatic heterocycles. The molecule has 4 heteroatoms. The Bertz CT molecular complexity index is 544. The third kappa shape index (κ3) is 2.31. The van der Waals surface area contributed by atoms with Crippen LogP contribution in [-0.2, 0) is 0 Å². The Labute approximate surface area is 105 Å². The second kappa shape index (κ2) is 4.84. The van der Waals surface area contributed by atoms with Gasteiger partial charge in [-0.05, 0) is 37.1 Å². The van der Waals surface area contributed by atoms with Gasteiger partial charge in [-0.3, -0.25) is 0 Å². The first-order valence-electron chi connectivity index (χ1n) is 6.03. The summed E-state index contributed by atoms with van der Waals surface area (Å²) >= 11 is 1.69. The Morgan fingerprint density at radius 1 is 1.35 bits per heavy atom. The summed E-state index contributed by atoms with van der Waals surface area (Å²) in [5.41, 5.74) is 2.63. The van der Waals surface area contributed by atoms with Gasteiger partial charge in [-0.2, -0.15) is 0 Å². The van der Waals surface area contributed by atoms with Gasteiger partial charge in [0, 0.05) is 6.54 Å². The average Bonchev–Trinajstić information content (AvgIpc) is 2.99. The molecular formula is C13H15N3S. The topological polar surface area (TPSA) is 37.8 Å². The second-order valence-electron chi connectivity index (χ2n) is 4.29. The van der Waals surface area contributed by atoms with Crippen molar-refractivity contribution in [1.82, 2.24) is 9.97 Å². The average molecular weight is 245 g/mol. The summed E-state index contributed by atoms with van der Waals surface area (Å²) in [6, 6.07) is 2.03. The van der Waals surface area contributed by atoms with Gasteiger partial charge in [0.25, 0.3) is 0 Å². The van der Waals surface area contributed by atoms with Crippen molar-refractivity contribution in [2.24, 2.45) is 0 Å². The van der Waals surface area contributed by atoms with Crippen LogP contribution >= 0.6 is 11.3 Å². The summed E-state index contributed by atoms with van der Waals surface area (Å²) in [6.45, 7) is 0.968. The minimum Gasteiger partial charge on any atom is -0.368 e. The van der Waals surface area contributed by atoms with E-state index in [1.807, 2.05) is 6.07 Å². The molecule has 1 aliphatic rings. The number of hydrogen-bond acceptors (Lipinski definition) is 4. The van der Waals surface area contributed by atoms with Gasteiger partial charge in [-0.15, -0.1) is 11.3 Å². The van der Waals surface area contributed by atoms with Crippen molar-refractivity contribution in [3.63, 3.8) is 0 Å². The van der Waals surface area contributed by atoms with Crippen molar-refractivity contribution >= 4 is 27.4 Å². The van der Waals surface area contributed by atoms with E-state index in [1.165, 1.54) is 19.3 Å². The first-order chi connectivity index (χ1) is 8.43. The summed E-state index contributed by atoms with van der Waals surface area (Å²) in [5.74, 6) is 0.976. The molecule has 0 atom stereocenters. The number of anilines is 1. The van der Waals surface area contributed by atoms with Crippen LogP contribution in [0.4, 0.5) is 5.82 Å². The van der Waals surface area contributed by atoms with Crippen molar-refractivity contribution < 1.29 is 0 Å². The van der Waals surface area contributed by atoms with Gasteiger partial charge >= 0.3 is 0 Å². The lowest BCUT2D eigenvalue weighted by Crippen LogP contribution is -2.04. The molecule has 0 unspecified atom stereocenters. The molecule has 0 fully saturated rings. The minimum absolute atomic E-state index is 0.968. The number of fused-ring (bicyclic) bond motifs is 1. The van der Waals surface area contributed by atoms with Crippen LogP contribution in [0.15, 0.2) is 29.4 Å². The molecule has 2 aromatic heterocycles. The number of rotatable bonds is 4. The monoisotopic (exact) mass is 245 g/mol. The highest BCUT2D eigenvalue weighted by Gasteiger charge is 2.06. The lowest BCUT2D eigenvalue weighted by molar-refractivity contribution is 0.862. The van der Waals surface area contributed by atoms with Gasteiger partial charge in [0.05, 0.1) is 10.2 Å². The van der Waals surface area contributed by atoms with E-state index < -0.39 is 0 Å². The lowest BCUT2D eigenvalue weighted by Gasteiger charge is -2.06. The molecule has 3 rings (SSSR count). The molecular weight excluding hydrogens is 230 g/mol. The standard InChI is InChI=1S/C13H15N3S/c1-2-4-10(3-1)5-7-14-13-12-11(6-8-17-12)15-9-16-13/h3,6,8-9H,1-2,4-5,7H2,(H,14,15,16). The fraction of sp³-hybridized carbons (Fsp3) is 0.385. The molecule has 0 radical (unpaired) electrons. The zero-order chi connectivity index (χ0) is 11.5. The number of thiophene rings is 1. The summed E-state index contributed by atoms with van der Waals surface area (Å²) in [4.78, 5) is 8.55. The molecule has 0 saturated carbocycles. The number of aromatic nitrogens is 2. The van der Waals surface area contributed by atoms with E-state index in [9.17, 15) is 0 Å². The van der Waals surface area contributed by atoms with Gasteiger partial charge in [-0.25, -0.2) is 9.97 Å². The lowest BCUT2D eigenvalue weighted by atomic mass is 10.2. The van der Waals surface area contributed by atoms with Crippen LogP contribution < -0.4 is 5.32 Å². The van der Waals surface area contributed by atoms with E-state index in [1.54, 1.807) is 23.2 Å². The third-order valence-electron chi connectivity index (χ3n) is 3.12. The van der Waals surface area contributed by atoms with Gasteiger partial charge in [0.15, 0.2) is 0 Å². The van der Waals surface area contributed by atoms with Gasteiger partial charge in [0.1, 0.15) is 12.1 Å². The van der Waals surface area contributed by atoms with Gasteiger partial charge in [-0.1, -0.05) is 11.6 Å². The zero-order valence-corrected chi connectivity index (χ0v) is 10.5. The fourth-order valence-corrected chi connectivity index (χ4v) is 3.03. The molecule has 2 heterocycles. The van der Waals surface area contributed by atoms with Crippen LogP contribution in [0.2, 0.25) is 0 Å². The summed E-state index contributed by atoms with van der Waals surface area (Å²) in [6.07, 6.45) is 9.02. The molecule has 88 valence electrons. The highest BCUT2D eigenvalue weighted by atomic mass is 32.1. The highest BCUT2D eigenvalue weighted by Crippen LogP contribution is 2.25. The number of nitrogens with one attached hydrogen (secondary N) is 1. The van der Waals surface area contributed by atoms with Crippen LogP contribution in [0.5, 0.6) is 0 Å². The molecule has 2 aromatic rings. The van der Waals surface area contributed by atoms with Crippen LogP contribution in [0.25, 0.3) is 10.2 Å². The smallest absolute Gasteiger partial charge is 0.147 e. The maximum Gasteiger partial charge on any atom is 0.147 e. The minimum atomic E-state index is 0.968. The predicted molar refractivity (Wildman–Crippen MR) is 72.5 cm³/mol. The van der Waals surface area contributed by atoms with E-state index in [0.29, 0.717) is 0 Å². The molecule has 1 aliphatic carbocycles. The van der Waals surface area contributed by atoms with Gasteiger partial charge in [0.2, 0.25) is 0 Å². The summed E-state index contributed by atoms with van der Waals surface area (Å²) in [7, 11) is 0. The van der Waals surface area contributed by atoms with Crippen LogP contribution in [0.1, 0.15) is 25.7 Å². The van der Waals surface area contributed by atoms with E-state index >= 15 is 0 Å². The number of hydrogen-bond donors (Lipinski definition) is 1. The number of nitrogens with zero attached hydrogens (tertiary/aromatic N) is 2. The van der Waals surface area contributed by atoms with Gasteiger partial charge < -0.3 is 5.32 Å². The summed E-state index contributed by atoms with van der Waals surface area (Å²) < 4.78 is 1.16. The van der Waals surface area contributed by atoms with E-state index in [2.05, 4.69) is 26.7 Å². The Kier molecular flexibility index (Phi) is 3.05. The first kappa shape index (κ1) is 10.7. The molecule has 17 heavy (non-hydrogen) atoms. The maximum atomic E-state index is 4.31. The van der Waals surface area contributed by atoms with Crippen molar-refractivity contribution in [2.45, 2.75) is 25.7 Å². The Morgan fingerprint density at radius 2 is 2.35 bits per heavy atom. The Hall–Kier alpha value is -1.42. The zero-order valence-electron chi connectivity index (χ0n) is 9.65. The van der Waals surface area contributed by atoms with Crippen molar-refractivity contribution in [3.05, 3.63) is 29.4 Å². The number of allylic oxidation sites excluding steroid dienone is 1.